The van der Waals surface area contributed by atoms with Crippen molar-refractivity contribution in [3.63, 3.8) is 0 Å². The van der Waals surface area contributed by atoms with E-state index in [9.17, 15) is 0 Å². The van der Waals surface area contributed by atoms with E-state index in [1.165, 1.54) is 11.1 Å². The molecule has 4 nitrogen and oxygen atoms in total. The van der Waals surface area contributed by atoms with Gasteiger partial charge in [-0.25, -0.2) is 0 Å². The summed E-state index contributed by atoms with van der Waals surface area (Å²) in [4.78, 5) is 0. The van der Waals surface area contributed by atoms with Gasteiger partial charge < -0.3 is 19.5 Å². The number of anilines is 1. The van der Waals surface area contributed by atoms with Gasteiger partial charge >= 0.3 is 0 Å². The molecule has 0 amide bonds. The molecule has 1 saturated heterocycles. The third kappa shape index (κ3) is 6.26. The SMILES string of the molecule is c1ccc(CCOc2ccc(CNc3ccc(OCC4CCCO4)cc3)cc2)cc1. The van der Waals surface area contributed by atoms with E-state index >= 15 is 0 Å². The minimum atomic E-state index is 0.244. The zero-order chi connectivity index (χ0) is 20.4. The fraction of sp³-hybridized carbons (Fsp3) is 0.308. The van der Waals surface area contributed by atoms with Crippen LogP contribution in [0.1, 0.15) is 24.0 Å². The Morgan fingerprint density at radius 2 is 1.53 bits per heavy atom. The van der Waals surface area contributed by atoms with Crippen molar-refractivity contribution in [2.45, 2.75) is 31.9 Å². The topological polar surface area (TPSA) is 39.7 Å². The molecule has 4 heteroatoms. The third-order valence-electron chi connectivity index (χ3n) is 5.24. The van der Waals surface area contributed by atoms with Crippen LogP contribution in [0.3, 0.4) is 0 Å². The summed E-state index contributed by atoms with van der Waals surface area (Å²) in [6.07, 6.45) is 3.39. The highest BCUT2D eigenvalue weighted by molar-refractivity contribution is 5.47. The lowest BCUT2D eigenvalue weighted by Crippen LogP contribution is -2.16. The van der Waals surface area contributed by atoms with Crippen LogP contribution in [0.4, 0.5) is 5.69 Å². The molecule has 1 aliphatic rings. The summed E-state index contributed by atoms with van der Waals surface area (Å²) < 4.78 is 17.3. The highest BCUT2D eigenvalue weighted by Gasteiger charge is 2.15. The molecule has 156 valence electrons. The molecule has 0 saturated carbocycles. The van der Waals surface area contributed by atoms with E-state index in [-0.39, 0.29) is 6.10 Å². The predicted octanol–water partition coefficient (Wildman–Crippen LogP) is 5.48. The first kappa shape index (κ1) is 20.3. The van der Waals surface area contributed by atoms with Crippen LogP contribution in [0.5, 0.6) is 11.5 Å². The van der Waals surface area contributed by atoms with E-state index < -0.39 is 0 Å². The Balaban J connectivity index is 1.18. The van der Waals surface area contributed by atoms with Gasteiger partial charge in [-0.1, -0.05) is 42.5 Å². The lowest BCUT2D eigenvalue weighted by molar-refractivity contribution is 0.0679. The quantitative estimate of drug-likeness (QED) is 0.487. The molecule has 30 heavy (non-hydrogen) atoms. The fourth-order valence-electron chi connectivity index (χ4n) is 3.47. The molecule has 1 unspecified atom stereocenters. The average molecular weight is 404 g/mol. The molecule has 1 aliphatic heterocycles. The van der Waals surface area contributed by atoms with Crippen molar-refractivity contribution < 1.29 is 14.2 Å². The Labute approximate surface area is 178 Å². The second-order valence-electron chi connectivity index (χ2n) is 7.55. The van der Waals surface area contributed by atoms with Crippen molar-refractivity contribution >= 4 is 5.69 Å². The Bertz CT molecular complexity index is 872. The minimum absolute atomic E-state index is 0.244. The van der Waals surface area contributed by atoms with Crippen LogP contribution >= 0.6 is 0 Å². The van der Waals surface area contributed by atoms with Gasteiger partial charge in [-0.2, -0.15) is 0 Å². The number of hydrogen-bond donors (Lipinski definition) is 1. The van der Waals surface area contributed by atoms with Crippen molar-refractivity contribution in [3.05, 3.63) is 90.0 Å². The number of nitrogens with one attached hydrogen (secondary N) is 1. The van der Waals surface area contributed by atoms with Gasteiger partial charge in [0, 0.05) is 25.3 Å². The monoisotopic (exact) mass is 403 g/mol. The Morgan fingerprint density at radius 3 is 2.27 bits per heavy atom. The Morgan fingerprint density at radius 1 is 0.800 bits per heavy atom. The van der Waals surface area contributed by atoms with E-state index in [4.69, 9.17) is 14.2 Å². The molecular weight excluding hydrogens is 374 g/mol. The van der Waals surface area contributed by atoms with E-state index in [1.54, 1.807) is 0 Å². The van der Waals surface area contributed by atoms with Crippen LogP contribution in [0.15, 0.2) is 78.9 Å². The summed E-state index contributed by atoms with van der Waals surface area (Å²) >= 11 is 0. The summed E-state index contributed by atoms with van der Waals surface area (Å²) in [6, 6.07) is 26.8. The average Bonchev–Trinajstić information content (AvgIpc) is 3.32. The maximum atomic E-state index is 5.86. The number of benzene rings is 3. The van der Waals surface area contributed by atoms with Crippen molar-refractivity contribution in [1.29, 1.82) is 0 Å². The van der Waals surface area contributed by atoms with E-state index in [2.05, 4.69) is 41.7 Å². The lowest BCUT2D eigenvalue weighted by atomic mass is 10.2. The van der Waals surface area contributed by atoms with E-state index in [0.29, 0.717) is 13.2 Å². The first-order chi connectivity index (χ1) is 14.8. The molecule has 1 fully saturated rings. The molecule has 0 radical (unpaired) electrons. The molecule has 0 spiro atoms. The van der Waals surface area contributed by atoms with Gasteiger partial charge in [0.05, 0.1) is 12.7 Å². The van der Waals surface area contributed by atoms with Crippen LogP contribution in [-0.2, 0) is 17.7 Å². The van der Waals surface area contributed by atoms with Crippen molar-refractivity contribution in [2.75, 3.05) is 25.1 Å². The molecule has 1 N–H and O–H groups in total. The molecule has 0 bridgehead atoms. The van der Waals surface area contributed by atoms with Gasteiger partial charge in [0.2, 0.25) is 0 Å². The largest absolute Gasteiger partial charge is 0.493 e. The molecule has 1 atom stereocenters. The van der Waals surface area contributed by atoms with E-state index in [0.717, 1.165) is 49.6 Å². The standard InChI is InChI=1S/C26H29NO3/c1-2-5-21(6-3-1)16-18-29-24-12-8-22(9-13-24)19-27-23-10-14-25(15-11-23)30-20-26-7-4-17-28-26/h1-3,5-6,8-15,26-27H,4,7,16-20H2. The predicted molar refractivity (Wildman–Crippen MR) is 120 cm³/mol. The van der Waals surface area contributed by atoms with Crippen molar-refractivity contribution in [2.24, 2.45) is 0 Å². The molecule has 1 heterocycles. The van der Waals surface area contributed by atoms with Gasteiger partial charge in [-0.3, -0.25) is 0 Å². The highest BCUT2D eigenvalue weighted by atomic mass is 16.5. The van der Waals surface area contributed by atoms with Gasteiger partial charge in [-0.15, -0.1) is 0 Å². The summed E-state index contributed by atoms with van der Waals surface area (Å²) in [6.45, 7) is 2.94. The zero-order valence-electron chi connectivity index (χ0n) is 17.3. The van der Waals surface area contributed by atoms with Crippen LogP contribution < -0.4 is 14.8 Å². The number of hydrogen-bond acceptors (Lipinski definition) is 4. The highest BCUT2D eigenvalue weighted by Crippen LogP contribution is 2.19. The molecule has 3 aromatic rings. The van der Waals surface area contributed by atoms with Crippen LogP contribution in [-0.4, -0.2) is 25.9 Å². The Kier molecular flexibility index (Phi) is 7.24. The third-order valence-corrected chi connectivity index (χ3v) is 5.24. The lowest BCUT2D eigenvalue weighted by Gasteiger charge is -2.12. The number of rotatable bonds is 10. The maximum Gasteiger partial charge on any atom is 0.119 e. The van der Waals surface area contributed by atoms with Gasteiger partial charge in [-0.05, 0) is 60.4 Å². The first-order valence-corrected chi connectivity index (χ1v) is 10.7. The molecular formula is C26H29NO3. The van der Waals surface area contributed by atoms with Gasteiger partial charge in [0.1, 0.15) is 18.1 Å². The van der Waals surface area contributed by atoms with Crippen molar-refractivity contribution in [3.8, 4) is 11.5 Å². The first-order valence-electron chi connectivity index (χ1n) is 10.7. The maximum absolute atomic E-state index is 5.86. The summed E-state index contributed by atoms with van der Waals surface area (Å²) in [7, 11) is 0. The molecule has 4 rings (SSSR count). The normalized spacial score (nSPS) is 15.7. The van der Waals surface area contributed by atoms with Gasteiger partial charge in [0.15, 0.2) is 0 Å². The zero-order valence-corrected chi connectivity index (χ0v) is 17.3. The van der Waals surface area contributed by atoms with Crippen LogP contribution in [0, 0.1) is 0 Å². The molecule has 3 aromatic carbocycles. The molecule has 0 aliphatic carbocycles. The van der Waals surface area contributed by atoms with Crippen LogP contribution in [0.2, 0.25) is 0 Å². The van der Waals surface area contributed by atoms with Crippen molar-refractivity contribution in [1.82, 2.24) is 0 Å². The molecule has 0 aromatic heterocycles. The van der Waals surface area contributed by atoms with Crippen LogP contribution in [0.25, 0.3) is 0 Å². The van der Waals surface area contributed by atoms with Gasteiger partial charge in [0.25, 0.3) is 0 Å². The smallest absolute Gasteiger partial charge is 0.119 e. The van der Waals surface area contributed by atoms with E-state index in [1.807, 2.05) is 42.5 Å². The minimum Gasteiger partial charge on any atom is -0.493 e. The summed E-state index contributed by atoms with van der Waals surface area (Å²) in [5.74, 6) is 1.79. The second kappa shape index (κ2) is 10.7. The summed E-state index contributed by atoms with van der Waals surface area (Å²) in [5.41, 5.74) is 3.58. The number of ether oxygens (including phenoxy) is 3. The second-order valence-corrected chi connectivity index (χ2v) is 7.55. The Hall–Kier alpha value is -2.98. The summed E-state index contributed by atoms with van der Waals surface area (Å²) in [5, 5.41) is 3.45. The fourth-order valence-corrected chi connectivity index (χ4v) is 3.47.